The van der Waals surface area contributed by atoms with Gasteiger partial charge in [-0.2, -0.15) is 5.10 Å². The van der Waals surface area contributed by atoms with Gasteiger partial charge in [-0.25, -0.2) is 9.07 Å². The zero-order valence-corrected chi connectivity index (χ0v) is 8.70. The lowest BCUT2D eigenvalue weighted by atomic mass is 10.2. The van der Waals surface area contributed by atoms with Crippen LogP contribution in [0, 0.1) is 5.82 Å². The predicted molar refractivity (Wildman–Crippen MR) is 55.6 cm³/mol. The molecule has 2 rings (SSSR count). The van der Waals surface area contributed by atoms with Gasteiger partial charge in [-0.3, -0.25) is 0 Å². The molecule has 2 aromatic rings. The van der Waals surface area contributed by atoms with Gasteiger partial charge in [0.1, 0.15) is 5.82 Å². The molecule has 0 bridgehead atoms. The van der Waals surface area contributed by atoms with Crippen LogP contribution in [0.5, 0.6) is 0 Å². The molecule has 0 amide bonds. The molecule has 0 saturated carbocycles. The van der Waals surface area contributed by atoms with Crippen LogP contribution in [0.15, 0.2) is 35.1 Å². The average molecular weight is 256 g/mol. The minimum atomic E-state index is -0.376. The van der Waals surface area contributed by atoms with E-state index >= 15 is 0 Å². The first-order valence-corrected chi connectivity index (χ1v) is 4.72. The third-order valence-corrected chi connectivity index (χ3v) is 2.43. The second-order valence-electron chi connectivity index (χ2n) is 2.78. The fourth-order valence-electron chi connectivity index (χ4n) is 1.16. The standard InChI is InChI=1S/C9H7BrFN3/c10-6-4-9(8(12)5-7(6)11)14-3-1-2-13-14/h1-5H,12H2. The summed E-state index contributed by atoms with van der Waals surface area (Å²) in [6, 6.07) is 4.63. The van der Waals surface area contributed by atoms with Crippen LogP contribution in [0.2, 0.25) is 0 Å². The van der Waals surface area contributed by atoms with Crippen LogP contribution in [-0.4, -0.2) is 9.78 Å². The van der Waals surface area contributed by atoms with Crippen molar-refractivity contribution < 1.29 is 4.39 Å². The number of halogens is 2. The van der Waals surface area contributed by atoms with Gasteiger partial charge < -0.3 is 5.73 Å². The van der Waals surface area contributed by atoms with Crippen LogP contribution in [-0.2, 0) is 0 Å². The number of nitrogen functional groups attached to an aromatic ring is 1. The predicted octanol–water partition coefficient (Wildman–Crippen LogP) is 2.36. The van der Waals surface area contributed by atoms with Gasteiger partial charge >= 0.3 is 0 Å². The highest BCUT2D eigenvalue weighted by Crippen LogP contribution is 2.24. The van der Waals surface area contributed by atoms with Crippen molar-refractivity contribution in [1.29, 1.82) is 0 Å². The molecule has 0 aliphatic heterocycles. The van der Waals surface area contributed by atoms with Crippen LogP contribution in [0.25, 0.3) is 5.69 Å². The number of hydrogen-bond donors (Lipinski definition) is 1. The minimum absolute atomic E-state index is 0.356. The molecule has 0 saturated heterocycles. The molecule has 0 radical (unpaired) electrons. The summed E-state index contributed by atoms with van der Waals surface area (Å²) >= 11 is 3.09. The first kappa shape index (κ1) is 9.21. The first-order chi connectivity index (χ1) is 6.68. The van der Waals surface area contributed by atoms with E-state index < -0.39 is 0 Å². The van der Waals surface area contributed by atoms with E-state index in [1.54, 1.807) is 29.2 Å². The SMILES string of the molecule is Nc1cc(F)c(Br)cc1-n1cccn1. The molecule has 72 valence electrons. The molecule has 5 heteroatoms. The Morgan fingerprint density at radius 2 is 2.21 bits per heavy atom. The van der Waals surface area contributed by atoms with E-state index in [0.717, 1.165) is 0 Å². The van der Waals surface area contributed by atoms with Crippen LogP contribution < -0.4 is 5.73 Å². The third-order valence-electron chi connectivity index (χ3n) is 1.82. The molecule has 2 N–H and O–H groups in total. The molecule has 0 unspecified atom stereocenters. The number of anilines is 1. The van der Waals surface area contributed by atoms with Crippen molar-refractivity contribution >= 4 is 21.6 Å². The average Bonchev–Trinajstić information content (AvgIpc) is 2.64. The normalized spacial score (nSPS) is 10.4. The molecule has 14 heavy (non-hydrogen) atoms. The van der Waals surface area contributed by atoms with E-state index in [-0.39, 0.29) is 5.82 Å². The highest BCUT2D eigenvalue weighted by atomic mass is 79.9. The first-order valence-electron chi connectivity index (χ1n) is 3.93. The number of aromatic nitrogens is 2. The topological polar surface area (TPSA) is 43.8 Å². The van der Waals surface area contributed by atoms with E-state index in [9.17, 15) is 4.39 Å². The Balaban J connectivity index is 2.60. The van der Waals surface area contributed by atoms with E-state index in [2.05, 4.69) is 21.0 Å². The fraction of sp³-hybridized carbons (Fsp3) is 0. The molecule has 0 aliphatic rings. The Hall–Kier alpha value is -1.36. The highest BCUT2D eigenvalue weighted by molar-refractivity contribution is 9.10. The summed E-state index contributed by atoms with van der Waals surface area (Å²) in [6.07, 6.45) is 3.38. The largest absolute Gasteiger partial charge is 0.397 e. The van der Waals surface area contributed by atoms with Crippen molar-refractivity contribution in [2.75, 3.05) is 5.73 Å². The molecule has 0 fully saturated rings. The summed E-state index contributed by atoms with van der Waals surface area (Å²) in [5, 5.41) is 4.01. The zero-order valence-electron chi connectivity index (χ0n) is 7.11. The minimum Gasteiger partial charge on any atom is -0.397 e. The van der Waals surface area contributed by atoms with Gasteiger partial charge in [-0.05, 0) is 28.1 Å². The number of benzene rings is 1. The lowest BCUT2D eigenvalue weighted by Crippen LogP contribution is -2.01. The second kappa shape index (κ2) is 3.42. The quantitative estimate of drug-likeness (QED) is 0.796. The second-order valence-corrected chi connectivity index (χ2v) is 3.63. The van der Waals surface area contributed by atoms with Gasteiger partial charge in [0, 0.05) is 18.5 Å². The molecular formula is C9H7BrFN3. The Morgan fingerprint density at radius 3 is 2.86 bits per heavy atom. The summed E-state index contributed by atoms with van der Waals surface area (Å²) in [4.78, 5) is 0. The van der Waals surface area contributed by atoms with Crippen LogP contribution in [0.1, 0.15) is 0 Å². The molecule has 0 spiro atoms. The molecule has 0 atom stereocenters. The summed E-state index contributed by atoms with van der Waals surface area (Å²) in [7, 11) is 0. The highest BCUT2D eigenvalue weighted by Gasteiger charge is 2.07. The number of nitrogens with zero attached hydrogens (tertiary/aromatic N) is 2. The third kappa shape index (κ3) is 1.50. The van der Waals surface area contributed by atoms with Gasteiger partial charge in [0.2, 0.25) is 0 Å². The summed E-state index contributed by atoms with van der Waals surface area (Å²) in [5.41, 5.74) is 6.67. The maximum atomic E-state index is 13.0. The van der Waals surface area contributed by atoms with Gasteiger partial charge in [-0.15, -0.1) is 0 Å². The molecule has 3 nitrogen and oxygen atoms in total. The molecule has 1 heterocycles. The van der Waals surface area contributed by atoms with E-state index in [4.69, 9.17) is 5.73 Å². The van der Waals surface area contributed by atoms with E-state index in [1.165, 1.54) is 6.07 Å². The Labute approximate surface area is 88.5 Å². The summed E-state index contributed by atoms with van der Waals surface area (Å²) < 4.78 is 15.0. The van der Waals surface area contributed by atoms with Gasteiger partial charge in [0.25, 0.3) is 0 Å². The summed E-state index contributed by atoms with van der Waals surface area (Å²) in [5.74, 6) is -0.376. The molecular weight excluding hydrogens is 249 g/mol. The Kier molecular flexibility index (Phi) is 2.25. The monoisotopic (exact) mass is 255 g/mol. The van der Waals surface area contributed by atoms with Crippen LogP contribution in [0.3, 0.4) is 0 Å². The lowest BCUT2D eigenvalue weighted by Gasteiger charge is -2.06. The van der Waals surface area contributed by atoms with Crippen molar-refractivity contribution in [3.8, 4) is 5.69 Å². The van der Waals surface area contributed by atoms with Gasteiger partial charge in [0.05, 0.1) is 15.8 Å². The van der Waals surface area contributed by atoms with Crippen molar-refractivity contribution in [3.63, 3.8) is 0 Å². The van der Waals surface area contributed by atoms with Crippen LogP contribution >= 0.6 is 15.9 Å². The van der Waals surface area contributed by atoms with Crippen molar-refractivity contribution in [1.82, 2.24) is 9.78 Å². The Morgan fingerprint density at radius 1 is 1.43 bits per heavy atom. The Bertz CT molecular complexity index is 453. The van der Waals surface area contributed by atoms with Crippen molar-refractivity contribution in [2.24, 2.45) is 0 Å². The maximum Gasteiger partial charge on any atom is 0.139 e. The van der Waals surface area contributed by atoms with E-state index in [0.29, 0.717) is 15.8 Å². The smallest absolute Gasteiger partial charge is 0.139 e. The zero-order chi connectivity index (χ0) is 10.1. The van der Waals surface area contributed by atoms with Crippen molar-refractivity contribution in [2.45, 2.75) is 0 Å². The number of nitrogens with two attached hydrogens (primary N) is 1. The number of rotatable bonds is 1. The number of hydrogen-bond acceptors (Lipinski definition) is 2. The van der Waals surface area contributed by atoms with E-state index in [1.807, 2.05) is 0 Å². The fourth-order valence-corrected chi connectivity index (χ4v) is 1.49. The summed E-state index contributed by atoms with van der Waals surface area (Å²) in [6.45, 7) is 0. The molecule has 1 aromatic heterocycles. The molecule has 0 aliphatic carbocycles. The van der Waals surface area contributed by atoms with Crippen LogP contribution in [0.4, 0.5) is 10.1 Å². The van der Waals surface area contributed by atoms with Gasteiger partial charge in [0.15, 0.2) is 0 Å². The van der Waals surface area contributed by atoms with Gasteiger partial charge in [-0.1, -0.05) is 0 Å². The molecule has 1 aromatic carbocycles. The van der Waals surface area contributed by atoms with Crippen molar-refractivity contribution in [3.05, 3.63) is 40.9 Å². The maximum absolute atomic E-state index is 13.0. The lowest BCUT2D eigenvalue weighted by molar-refractivity contribution is 0.621.